The summed E-state index contributed by atoms with van der Waals surface area (Å²) in [5, 5.41) is -0.697. The SMILES string of the molecule is CNS(=O)(=O)C(C)c1ccc(F)cc1Cl. The molecule has 0 saturated heterocycles. The van der Waals surface area contributed by atoms with E-state index in [-0.39, 0.29) is 5.02 Å². The number of benzene rings is 1. The predicted octanol–water partition coefficient (Wildman–Crippen LogP) is 2.09. The summed E-state index contributed by atoms with van der Waals surface area (Å²) in [6, 6.07) is 3.65. The van der Waals surface area contributed by atoms with Crippen LogP contribution in [0.1, 0.15) is 17.7 Å². The van der Waals surface area contributed by atoms with Gasteiger partial charge in [0.15, 0.2) is 0 Å². The van der Waals surface area contributed by atoms with E-state index < -0.39 is 21.1 Å². The zero-order chi connectivity index (χ0) is 11.6. The molecule has 0 amide bonds. The van der Waals surface area contributed by atoms with Gasteiger partial charge in [0.05, 0.1) is 5.25 Å². The van der Waals surface area contributed by atoms with E-state index in [1.807, 2.05) is 0 Å². The topological polar surface area (TPSA) is 46.2 Å². The maximum atomic E-state index is 12.7. The Kier molecular flexibility index (Phi) is 3.70. The van der Waals surface area contributed by atoms with Gasteiger partial charge in [-0.3, -0.25) is 0 Å². The maximum absolute atomic E-state index is 12.7. The molecule has 0 aromatic heterocycles. The van der Waals surface area contributed by atoms with Gasteiger partial charge in [0.25, 0.3) is 0 Å². The number of hydrogen-bond donors (Lipinski definition) is 1. The van der Waals surface area contributed by atoms with Gasteiger partial charge >= 0.3 is 0 Å². The third-order valence-electron chi connectivity index (χ3n) is 2.15. The van der Waals surface area contributed by atoms with Gasteiger partial charge in [-0.25, -0.2) is 17.5 Å². The highest BCUT2D eigenvalue weighted by Gasteiger charge is 2.22. The Labute approximate surface area is 93.3 Å². The van der Waals surface area contributed by atoms with Crippen LogP contribution in [0, 0.1) is 5.82 Å². The quantitative estimate of drug-likeness (QED) is 0.894. The maximum Gasteiger partial charge on any atom is 0.218 e. The molecule has 1 aromatic carbocycles. The van der Waals surface area contributed by atoms with E-state index in [0.29, 0.717) is 5.56 Å². The van der Waals surface area contributed by atoms with Crippen LogP contribution in [0.4, 0.5) is 4.39 Å². The third-order valence-corrected chi connectivity index (χ3v) is 4.23. The van der Waals surface area contributed by atoms with E-state index in [0.717, 1.165) is 6.07 Å². The van der Waals surface area contributed by atoms with Gasteiger partial charge in [-0.05, 0) is 31.7 Å². The normalized spacial score (nSPS) is 13.9. The van der Waals surface area contributed by atoms with Crippen molar-refractivity contribution < 1.29 is 12.8 Å². The van der Waals surface area contributed by atoms with Crippen LogP contribution in [-0.4, -0.2) is 15.5 Å². The van der Waals surface area contributed by atoms with Crippen molar-refractivity contribution in [1.82, 2.24) is 4.72 Å². The zero-order valence-corrected chi connectivity index (χ0v) is 9.86. The van der Waals surface area contributed by atoms with E-state index in [1.54, 1.807) is 0 Å². The minimum atomic E-state index is -3.44. The molecule has 84 valence electrons. The van der Waals surface area contributed by atoms with Crippen molar-refractivity contribution in [2.45, 2.75) is 12.2 Å². The summed E-state index contributed by atoms with van der Waals surface area (Å²) in [6.45, 7) is 1.49. The fourth-order valence-electron chi connectivity index (χ4n) is 1.18. The van der Waals surface area contributed by atoms with Crippen molar-refractivity contribution >= 4 is 21.6 Å². The van der Waals surface area contributed by atoms with Crippen LogP contribution >= 0.6 is 11.6 Å². The highest BCUT2D eigenvalue weighted by molar-refractivity contribution is 7.89. The summed E-state index contributed by atoms with van der Waals surface area (Å²) in [5.41, 5.74) is 0.382. The van der Waals surface area contributed by atoms with Crippen molar-refractivity contribution in [3.8, 4) is 0 Å². The van der Waals surface area contributed by atoms with Crippen LogP contribution in [0.25, 0.3) is 0 Å². The Morgan fingerprint density at radius 2 is 2.07 bits per heavy atom. The summed E-state index contributed by atoms with van der Waals surface area (Å²) >= 11 is 5.76. The van der Waals surface area contributed by atoms with Gasteiger partial charge in [0.2, 0.25) is 10.0 Å². The lowest BCUT2D eigenvalue weighted by atomic mass is 10.2. The van der Waals surface area contributed by atoms with Crippen LogP contribution in [0.3, 0.4) is 0 Å². The Hall–Kier alpha value is -0.650. The Morgan fingerprint density at radius 1 is 1.47 bits per heavy atom. The van der Waals surface area contributed by atoms with Gasteiger partial charge in [0.1, 0.15) is 5.82 Å². The molecule has 15 heavy (non-hydrogen) atoms. The first kappa shape index (κ1) is 12.4. The first-order valence-electron chi connectivity index (χ1n) is 4.26. The molecule has 0 saturated carbocycles. The molecular weight excluding hydrogens is 241 g/mol. The Bertz CT molecular complexity index is 461. The van der Waals surface area contributed by atoms with Gasteiger partial charge in [-0.2, -0.15) is 0 Å². The van der Waals surface area contributed by atoms with Crippen molar-refractivity contribution in [1.29, 1.82) is 0 Å². The molecule has 3 nitrogen and oxygen atoms in total. The van der Waals surface area contributed by atoms with Crippen LogP contribution in [0.5, 0.6) is 0 Å². The van der Waals surface area contributed by atoms with Crippen LogP contribution in [0.15, 0.2) is 18.2 Å². The number of hydrogen-bond acceptors (Lipinski definition) is 2. The molecule has 0 bridgehead atoms. The first-order chi connectivity index (χ1) is 6.88. The molecular formula is C9H11ClFNO2S. The highest BCUT2D eigenvalue weighted by Crippen LogP contribution is 2.28. The van der Waals surface area contributed by atoms with Crippen molar-refractivity contribution in [2.75, 3.05) is 7.05 Å². The molecule has 0 aliphatic rings. The Balaban J connectivity index is 3.18. The molecule has 0 heterocycles. The van der Waals surface area contributed by atoms with Gasteiger partial charge < -0.3 is 0 Å². The van der Waals surface area contributed by atoms with Crippen LogP contribution in [0.2, 0.25) is 5.02 Å². The van der Waals surface area contributed by atoms with Gasteiger partial charge in [0, 0.05) is 5.02 Å². The fourth-order valence-corrected chi connectivity index (χ4v) is 2.46. The molecule has 6 heteroatoms. The molecule has 1 unspecified atom stereocenters. The first-order valence-corrected chi connectivity index (χ1v) is 6.18. The molecule has 0 radical (unpaired) electrons. The molecule has 0 spiro atoms. The smallest absolute Gasteiger partial charge is 0.218 e. The lowest BCUT2D eigenvalue weighted by Gasteiger charge is -2.13. The van der Waals surface area contributed by atoms with E-state index in [4.69, 9.17) is 11.6 Å². The van der Waals surface area contributed by atoms with E-state index in [9.17, 15) is 12.8 Å². The molecule has 1 rings (SSSR count). The largest absolute Gasteiger partial charge is 0.218 e. The highest BCUT2D eigenvalue weighted by atomic mass is 35.5. The Morgan fingerprint density at radius 3 is 2.53 bits per heavy atom. The lowest BCUT2D eigenvalue weighted by Crippen LogP contribution is -2.24. The second-order valence-electron chi connectivity index (χ2n) is 3.06. The van der Waals surface area contributed by atoms with Crippen LogP contribution < -0.4 is 4.72 Å². The number of halogens is 2. The molecule has 1 aromatic rings. The summed E-state index contributed by atoms with van der Waals surface area (Å²) in [4.78, 5) is 0. The van der Waals surface area contributed by atoms with Crippen LogP contribution in [-0.2, 0) is 10.0 Å². The number of nitrogens with one attached hydrogen (secondary N) is 1. The monoisotopic (exact) mass is 251 g/mol. The summed E-state index contributed by atoms with van der Waals surface area (Å²) in [5.74, 6) is -0.488. The minimum absolute atomic E-state index is 0.112. The van der Waals surface area contributed by atoms with E-state index in [1.165, 1.54) is 26.1 Å². The molecule has 1 N–H and O–H groups in total. The fraction of sp³-hybridized carbons (Fsp3) is 0.333. The summed E-state index contributed by atoms with van der Waals surface area (Å²) in [7, 11) is -2.12. The lowest BCUT2D eigenvalue weighted by molar-refractivity contribution is 0.577. The van der Waals surface area contributed by atoms with Crippen molar-refractivity contribution in [3.05, 3.63) is 34.6 Å². The van der Waals surface area contributed by atoms with E-state index in [2.05, 4.69) is 4.72 Å². The van der Waals surface area contributed by atoms with Gasteiger partial charge in [-0.15, -0.1) is 0 Å². The number of rotatable bonds is 3. The second-order valence-corrected chi connectivity index (χ2v) is 5.67. The van der Waals surface area contributed by atoms with E-state index >= 15 is 0 Å². The molecule has 0 fully saturated rings. The molecule has 0 aliphatic carbocycles. The average molecular weight is 252 g/mol. The van der Waals surface area contributed by atoms with Crippen molar-refractivity contribution in [2.24, 2.45) is 0 Å². The second kappa shape index (κ2) is 4.47. The predicted molar refractivity (Wildman–Crippen MR) is 57.8 cm³/mol. The molecule has 0 aliphatic heterocycles. The average Bonchev–Trinajstić information content (AvgIpc) is 2.17. The standard InChI is InChI=1S/C9H11ClFNO2S/c1-6(15(13,14)12-2)8-4-3-7(11)5-9(8)10/h3-6,12H,1-2H3. The van der Waals surface area contributed by atoms with Gasteiger partial charge in [-0.1, -0.05) is 17.7 Å². The van der Waals surface area contributed by atoms with Crippen molar-refractivity contribution in [3.63, 3.8) is 0 Å². The number of sulfonamides is 1. The summed E-state index contributed by atoms with van der Waals surface area (Å²) < 4.78 is 37.9. The minimum Gasteiger partial charge on any atom is -0.218 e. The molecule has 1 atom stereocenters. The third kappa shape index (κ3) is 2.68. The summed E-state index contributed by atoms with van der Waals surface area (Å²) in [6.07, 6.45) is 0. The zero-order valence-electron chi connectivity index (χ0n) is 8.29.